The SMILES string of the molecule is Fc1ccc(OCc2cccc(Br)c2)cc1. The molecule has 16 heavy (non-hydrogen) atoms. The highest BCUT2D eigenvalue weighted by Crippen LogP contribution is 2.16. The number of hydrogen-bond acceptors (Lipinski definition) is 1. The summed E-state index contributed by atoms with van der Waals surface area (Å²) in [5.41, 5.74) is 1.07. The van der Waals surface area contributed by atoms with Gasteiger partial charge in [-0.1, -0.05) is 28.1 Å². The highest BCUT2D eigenvalue weighted by atomic mass is 79.9. The molecular weight excluding hydrogens is 271 g/mol. The van der Waals surface area contributed by atoms with E-state index in [1.165, 1.54) is 12.1 Å². The van der Waals surface area contributed by atoms with Crippen molar-refractivity contribution in [3.63, 3.8) is 0 Å². The predicted octanol–water partition coefficient (Wildman–Crippen LogP) is 4.17. The van der Waals surface area contributed by atoms with Crippen LogP contribution in [0.2, 0.25) is 0 Å². The second kappa shape index (κ2) is 5.12. The Bertz CT molecular complexity index is 468. The largest absolute Gasteiger partial charge is 0.489 e. The summed E-state index contributed by atoms with van der Waals surface area (Å²) in [6.07, 6.45) is 0. The van der Waals surface area contributed by atoms with Crippen molar-refractivity contribution in [2.75, 3.05) is 0 Å². The van der Waals surface area contributed by atoms with Crippen LogP contribution in [-0.2, 0) is 6.61 Å². The Morgan fingerprint density at radius 1 is 1.06 bits per heavy atom. The molecule has 0 bridgehead atoms. The molecule has 0 heterocycles. The molecule has 0 aliphatic rings. The van der Waals surface area contributed by atoms with Gasteiger partial charge >= 0.3 is 0 Å². The zero-order valence-corrected chi connectivity index (χ0v) is 10.1. The minimum atomic E-state index is -0.255. The van der Waals surface area contributed by atoms with Gasteiger partial charge in [0, 0.05) is 4.47 Å². The molecule has 0 unspecified atom stereocenters. The van der Waals surface area contributed by atoms with Crippen molar-refractivity contribution in [3.8, 4) is 5.75 Å². The first-order valence-electron chi connectivity index (χ1n) is 4.87. The summed E-state index contributed by atoms with van der Waals surface area (Å²) < 4.78 is 19.2. The average Bonchev–Trinajstić information content (AvgIpc) is 2.28. The fourth-order valence-electron chi connectivity index (χ4n) is 1.32. The summed E-state index contributed by atoms with van der Waals surface area (Å²) in [7, 11) is 0. The van der Waals surface area contributed by atoms with Gasteiger partial charge in [-0.05, 0) is 42.0 Å². The van der Waals surface area contributed by atoms with Crippen LogP contribution < -0.4 is 4.74 Å². The van der Waals surface area contributed by atoms with E-state index in [-0.39, 0.29) is 5.82 Å². The van der Waals surface area contributed by atoms with Crippen molar-refractivity contribution in [1.29, 1.82) is 0 Å². The Balaban J connectivity index is 1.99. The Kier molecular flexibility index (Phi) is 3.57. The maximum absolute atomic E-state index is 12.6. The normalized spacial score (nSPS) is 10.1. The van der Waals surface area contributed by atoms with Gasteiger partial charge in [-0.3, -0.25) is 0 Å². The van der Waals surface area contributed by atoms with Crippen molar-refractivity contribution in [1.82, 2.24) is 0 Å². The number of halogens is 2. The molecule has 0 N–H and O–H groups in total. The summed E-state index contributed by atoms with van der Waals surface area (Å²) in [5, 5.41) is 0. The van der Waals surface area contributed by atoms with Gasteiger partial charge in [0.1, 0.15) is 18.2 Å². The number of benzene rings is 2. The van der Waals surface area contributed by atoms with E-state index in [1.54, 1.807) is 12.1 Å². The molecule has 2 rings (SSSR count). The molecule has 0 fully saturated rings. The zero-order chi connectivity index (χ0) is 11.4. The quantitative estimate of drug-likeness (QED) is 0.820. The van der Waals surface area contributed by atoms with Crippen molar-refractivity contribution < 1.29 is 9.13 Å². The molecule has 0 spiro atoms. The molecule has 0 saturated heterocycles. The van der Waals surface area contributed by atoms with Crippen molar-refractivity contribution in [3.05, 3.63) is 64.4 Å². The molecule has 1 nitrogen and oxygen atoms in total. The first kappa shape index (κ1) is 11.1. The van der Waals surface area contributed by atoms with Crippen LogP contribution in [0, 0.1) is 5.82 Å². The van der Waals surface area contributed by atoms with E-state index in [4.69, 9.17) is 4.74 Å². The van der Waals surface area contributed by atoms with Crippen molar-refractivity contribution in [2.45, 2.75) is 6.61 Å². The minimum Gasteiger partial charge on any atom is -0.489 e. The molecule has 3 heteroatoms. The molecule has 82 valence electrons. The van der Waals surface area contributed by atoms with Gasteiger partial charge in [0.25, 0.3) is 0 Å². The highest BCUT2D eigenvalue weighted by Gasteiger charge is 1.97. The maximum Gasteiger partial charge on any atom is 0.123 e. The maximum atomic E-state index is 12.6. The van der Waals surface area contributed by atoms with Gasteiger partial charge < -0.3 is 4.74 Å². The fraction of sp³-hybridized carbons (Fsp3) is 0.0769. The van der Waals surface area contributed by atoms with Gasteiger partial charge in [-0.15, -0.1) is 0 Å². The summed E-state index contributed by atoms with van der Waals surface area (Å²) >= 11 is 3.39. The van der Waals surface area contributed by atoms with Crippen LogP contribution in [0.3, 0.4) is 0 Å². The average molecular weight is 281 g/mol. The Morgan fingerprint density at radius 3 is 2.50 bits per heavy atom. The topological polar surface area (TPSA) is 9.23 Å². The molecule has 0 saturated carbocycles. The van der Waals surface area contributed by atoms with Gasteiger partial charge in [0.15, 0.2) is 0 Å². The standard InChI is InChI=1S/C13H10BrFO/c14-11-3-1-2-10(8-11)9-16-13-6-4-12(15)5-7-13/h1-8H,9H2. The lowest BCUT2D eigenvalue weighted by atomic mass is 10.2. The molecule has 0 atom stereocenters. The number of hydrogen-bond donors (Lipinski definition) is 0. The van der Waals surface area contributed by atoms with Crippen LogP contribution >= 0.6 is 15.9 Å². The van der Waals surface area contributed by atoms with Crippen molar-refractivity contribution in [2.24, 2.45) is 0 Å². The molecule has 0 aliphatic carbocycles. The number of rotatable bonds is 3. The second-order valence-corrected chi connectivity index (χ2v) is 4.29. The Morgan fingerprint density at radius 2 is 1.81 bits per heavy atom. The second-order valence-electron chi connectivity index (χ2n) is 3.37. The molecular formula is C13H10BrFO. The number of ether oxygens (including phenoxy) is 1. The lowest BCUT2D eigenvalue weighted by Gasteiger charge is -2.06. The minimum absolute atomic E-state index is 0.255. The molecule has 2 aromatic carbocycles. The summed E-state index contributed by atoms with van der Waals surface area (Å²) in [4.78, 5) is 0. The van der Waals surface area contributed by atoms with Crippen LogP contribution in [0.15, 0.2) is 53.0 Å². The molecule has 0 aromatic heterocycles. The summed E-state index contributed by atoms with van der Waals surface area (Å²) in [6, 6.07) is 13.9. The lowest BCUT2D eigenvalue weighted by Crippen LogP contribution is -1.95. The van der Waals surface area contributed by atoms with Crippen LogP contribution in [-0.4, -0.2) is 0 Å². The third-order valence-corrected chi connectivity index (χ3v) is 2.60. The van der Waals surface area contributed by atoms with Crippen LogP contribution in [0.1, 0.15) is 5.56 Å². The first-order chi connectivity index (χ1) is 7.74. The first-order valence-corrected chi connectivity index (χ1v) is 5.66. The fourth-order valence-corrected chi connectivity index (χ4v) is 1.77. The zero-order valence-electron chi connectivity index (χ0n) is 8.49. The van der Waals surface area contributed by atoms with Gasteiger partial charge in [0.2, 0.25) is 0 Å². The van der Waals surface area contributed by atoms with E-state index >= 15 is 0 Å². The van der Waals surface area contributed by atoms with E-state index in [1.807, 2.05) is 24.3 Å². The monoisotopic (exact) mass is 280 g/mol. The van der Waals surface area contributed by atoms with Gasteiger partial charge in [-0.25, -0.2) is 4.39 Å². The molecule has 2 aromatic rings. The van der Waals surface area contributed by atoms with E-state index in [0.717, 1.165) is 10.0 Å². The van der Waals surface area contributed by atoms with Crippen LogP contribution in [0.4, 0.5) is 4.39 Å². The highest BCUT2D eigenvalue weighted by molar-refractivity contribution is 9.10. The third kappa shape index (κ3) is 3.07. The van der Waals surface area contributed by atoms with E-state index in [0.29, 0.717) is 12.4 Å². The van der Waals surface area contributed by atoms with E-state index in [9.17, 15) is 4.39 Å². The van der Waals surface area contributed by atoms with Crippen LogP contribution in [0.25, 0.3) is 0 Å². The molecule has 0 aliphatic heterocycles. The third-order valence-electron chi connectivity index (χ3n) is 2.11. The summed E-state index contributed by atoms with van der Waals surface area (Å²) in [5.74, 6) is 0.413. The Labute approximate surface area is 102 Å². The predicted molar refractivity (Wildman–Crippen MR) is 64.9 cm³/mol. The van der Waals surface area contributed by atoms with Gasteiger partial charge in [-0.2, -0.15) is 0 Å². The molecule has 0 radical (unpaired) electrons. The van der Waals surface area contributed by atoms with E-state index < -0.39 is 0 Å². The lowest BCUT2D eigenvalue weighted by molar-refractivity contribution is 0.305. The summed E-state index contributed by atoms with van der Waals surface area (Å²) in [6.45, 7) is 0.477. The Hall–Kier alpha value is -1.35. The smallest absolute Gasteiger partial charge is 0.123 e. The van der Waals surface area contributed by atoms with Crippen molar-refractivity contribution >= 4 is 15.9 Å². The molecule has 0 amide bonds. The van der Waals surface area contributed by atoms with Gasteiger partial charge in [0.05, 0.1) is 0 Å². The van der Waals surface area contributed by atoms with Crippen LogP contribution in [0.5, 0.6) is 5.75 Å². The van der Waals surface area contributed by atoms with E-state index in [2.05, 4.69) is 15.9 Å².